The first-order valence-electron chi connectivity index (χ1n) is 5.04. The van der Waals surface area contributed by atoms with E-state index in [1.807, 2.05) is 6.92 Å². The minimum Gasteiger partial charge on any atom is -0.396 e. The highest BCUT2D eigenvalue weighted by molar-refractivity contribution is 7.09. The van der Waals surface area contributed by atoms with Gasteiger partial charge in [0.15, 0.2) is 0 Å². The molecule has 2 rings (SSSR count). The van der Waals surface area contributed by atoms with Gasteiger partial charge in [-0.15, -0.1) is 0 Å². The summed E-state index contributed by atoms with van der Waals surface area (Å²) in [5.41, 5.74) is 6.40. The molecule has 0 aliphatic heterocycles. The first-order valence-corrected chi connectivity index (χ1v) is 5.82. The average molecular weight is 252 g/mol. The second kappa shape index (κ2) is 4.50. The van der Waals surface area contributed by atoms with E-state index in [1.165, 1.54) is 6.20 Å². The van der Waals surface area contributed by atoms with Gasteiger partial charge in [0.25, 0.3) is 5.91 Å². The molecular weight excluding hydrogens is 240 g/mol. The van der Waals surface area contributed by atoms with E-state index in [-0.39, 0.29) is 5.91 Å². The van der Waals surface area contributed by atoms with E-state index >= 15 is 0 Å². The van der Waals surface area contributed by atoms with Crippen molar-refractivity contribution in [3.8, 4) is 0 Å². The van der Waals surface area contributed by atoms with Crippen molar-refractivity contribution < 1.29 is 4.79 Å². The normalized spacial score (nSPS) is 10.5. The van der Waals surface area contributed by atoms with Crippen molar-refractivity contribution in [2.45, 2.75) is 20.4 Å². The van der Waals surface area contributed by atoms with Crippen LogP contribution in [0.4, 0.5) is 10.8 Å². The molecule has 17 heavy (non-hydrogen) atoms. The smallest absolute Gasteiger partial charge is 0.277 e. The summed E-state index contributed by atoms with van der Waals surface area (Å²) in [6.45, 7) is 4.23. The number of carbonyl (C=O) groups excluding carboxylic acids is 1. The van der Waals surface area contributed by atoms with Crippen LogP contribution in [0.3, 0.4) is 0 Å². The molecule has 1 amide bonds. The van der Waals surface area contributed by atoms with E-state index in [1.54, 1.807) is 11.6 Å². The lowest BCUT2D eigenvalue weighted by molar-refractivity contribution is 0.101. The van der Waals surface area contributed by atoms with Gasteiger partial charge in [0, 0.05) is 18.1 Å². The number of nitrogens with zero attached hydrogens (tertiary/aromatic N) is 4. The largest absolute Gasteiger partial charge is 0.396 e. The molecule has 7 nitrogen and oxygen atoms in total. The fraction of sp³-hybridized carbons (Fsp3) is 0.333. The summed E-state index contributed by atoms with van der Waals surface area (Å²) in [6.07, 6.45) is 1.46. The zero-order chi connectivity index (χ0) is 12.4. The number of hydrogen-bond donors (Lipinski definition) is 2. The molecule has 0 radical (unpaired) electrons. The van der Waals surface area contributed by atoms with Crippen molar-refractivity contribution in [2.75, 3.05) is 11.1 Å². The van der Waals surface area contributed by atoms with Crippen LogP contribution in [0.15, 0.2) is 6.20 Å². The number of rotatable bonds is 3. The maximum atomic E-state index is 12.0. The molecule has 8 heteroatoms. The molecule has 0 spiro atoms. The minimum atomic E-state index is -0.321. The molecule has 0 saturated heterocycles. The van der Waals surface area contributed by atoms with Gasteiger partial charge in [-0.25, -0.2) is 4.98 Å². The standard InChI is InChI=1S/C9H12N6OS/c1-3-15-7(6(10)4-11-15)8(16)13-9-12-5(2)14-17-9/h4H,3,10H2,1-2H3,(H,12,13,14,16). The number of nitrogen functional groups attached to an aromatic ring is 1. The Morgan fingerprint density at radius 3 is 3.00 bits per heavy atom. The number of amides is 1. The third-order valence-corrected chi connectivity index (χ3v) is 2.85. The zero-order valence-corrected chi connectivity index (χ0v) is 10.3. The predicted molar refractivity (Wildman–Crippen MR) is 64.9 cm³/mol. The van der Waals surface area contributed by atoms with Gasteiger partial charge in [0.2, 0.25) is 5.13 Å². The van der Waals surface area contributed by atoms with Gasteiger partial charge < -0.3 is 5.73 Å². The van der Waals surface area contributed by atoms with Gasteiger partial charge in [-0.05, 0) is 13.8 Å². The van der Waals surface area contributed by atoms with Gasteiger partial charge in [-0.1, -0.05) is 0 Å². The Balaban J connectivity index is 2.22. The molecule has 0 aromatic carbocycles. The third-order valence-electron chi connectivity index (χ3n) is 2.13. The molecule has 0 aliphatic rings. The first kappa shape index (κ1) is 11.5. The van der Waals surface area contributed by atoms with Crippen molar-refractivity contribution in [1.82, 2.24) is 19.1 Å². The fourth-order valence-corrected chi connectivity index (χ4v) is 1.96. The van der Waals surface area contributed by atoms with Gasteiger partial charge in [-0.2, -0.15) is 9.47 Å². The topological polar surface area (TPSA) is 98.7 Å². The lowest BCUT2D eigenvalue weighted by Gasteiger charge is -2.04. The average Bonchev–Trinajstić information content (AvgIpc) is 2.84. The van der Waals surface area contributed by atoms with Crippen LogP contribution in [-0.2, 0) is 6.54 Å². The Morgan fingerprint density at radius 2 is 2.41 bits per heavy atom. The Morgan fingerprint density at radius 1 is 1.65 bits per heavy atom. The summed E-state index contributed by atoms with van der Waals surface area (Å²) in [5, 5.41) is 7.10. The molecule has 3 N–H and O–H groups in total. The van der Waals surface area contributed by atoms with Gasteiger partial charge >= 0.3 is 0 Å². The number of anilines is 2. The first-order chi connectivity index (χ1) is 8.11. The highest BCUT2D eigenvalue weighted by Gasteiger charge is 2.17. The molecule has 0 aliphatic carbocycles. The summed E-state index contributed by atoms with van der Waals surface area (Å²) < 4.78 is 5.52. The number of carbonyl (C=O) groups is 1. The van der Waals surface area contributed by atoms with E-state index < -0.39 is 0 Å². The van der Waals surface area contributed by atoms with E-state index in [9.17, 15) is 4.79 Å². The van der Waals surface area contributed by atoms with Crippen LogP contribution in [0.5, 0.6) is 0 Å². The fourth-order valence-electron chi connectivity index (χ4n) is 1.39. The van der Waals surface area contributed by atoms with Crippen molar-refractivity contribution in [3.05, 3.63) is 17.7 Å². The Labute approximate surface area is 102 Å². The zero-order valence-electron chi connectivity index (χ0n) is 9.47. The van der Waals surface area contributed by atoms with Crippen molar-refractivity contribution in [3.63, 3.8) is 0 Å². The number of nitrogens with two attached hydrogens (primary N) is 1. The summed E-state index contributed by atoms with van der Waals surface area (Å²) in [5.74, 6) is 0.306. The predicted octanol–water partition coefficient (Wildman–Crippen LogP) is 0.897. The summed E-state index contributed by atoms with van der Waals surface area (Å²) in [4.78, 5) is 16.0. The van der Waals surface area contributed by atoms with Gasteiger partial charge in [-0.3, -0.25) is 14.8 Å². The van der Waals surface area contributed by atoms with Crippen LogP contribution in [-0.4, -0.2) is 25.0 Å². The van der Waals surface area contributed by atoms with Crippen molar-refractivity contribution in [1.29, 1.82) is 0 Å². The second-order valence-electron chi connectivity index (χ2n) is 3.37. The van der Waals surface area contributed by atoms with Crippen LogP contribution in [0.1, 0.15) is 23.2 Å². The quantitative estimate of drug-likeness (QED) is 0.845. The summed E-state index contributed by atoms with van der Waals surface area (Å²) >= 11 is 1.13. The Hall–Kier alpha value is -1.96. The lowest BCUT2D eigenvalue weighted by atomic mass is 10.3. The minimum absolute atomic E-state index is 0.321. The molecular formula is C9H12N6OS. The maximum Gasteiger partial charge on any atom is 0.277 e. The molecule has 2 aromatic heterocycles. The maximum absolute atomic E-state index is 12.0. The molecule has 0 saturated carbocycles. The molecule has 2 aromatic rings. The molecule has 90 valence electrons. The van der Waals surface area contributed by atoms with Gasteiger partial charge in [0.05, 0.1) is 11.9 Å². The van der Waals surface area contributed by atoms with E-state index in [0.29, 0.717) is 28.9 Å². The summed E-state index contributed by atoms with van der Waals surface area (Å²) in [6, 6.07) is 0. The number of nitrogens with one attached hydrogen (secondary N) is 1. The molecule has 2 heterocycles. The molecule has 0 unspecified atom stereocenters. The monoisotopic (exact) mass is 252 g/mol. The van der Waals surface area contributed by atoms with Crippen molar-refractivity contribution >= 4 is 28.3 Å². The van der Waals surface area contributed by atoms with Crippen LogP contribution in [0.2, 0.25) is 0 Å². The van der Waals surface area contributed by atoms with Gasteiger partial charge in [0.1, 0.15) is 11.5 Å². The van der Waals surface area contributed by atoms with E-state index in [4.69, 9.17) is 5.73 Å². The third kappa shape index (κ3) is 2.26. The van der Waals surface area contributed by atoms with Crippen LogP contribution in [0, 0.1) is 6.92 Å². The lowest BCUT2D eigenvalue weighted by Crippen LogP contribution is -2.18. The van der Waals surface area contributed by atoms with Crippen molar-refractivity contribution in [2.24, 2.45) is 0 Å². The SMILES string of the molecule is CCn1ncc(N)c1C(=O)Nc1nc(C)ns1. The molecule has 0 bridgehead atoms. The Kier molecular flexibility index (Phi) is 3.05. The Bertz CT molecular complexity index is 545. The van der Waals surface area contributed by atoms with Crippen LogP contribution >= 0.6 is 11.5 Å². The van der Waals surface area contributed by atoms with Crippen LogP contribution in [0.25, 0.3) is 0 Å². The van der Waals surface area contributed by atoms with E-state index in [0.717, 1.165) is 11.5 Å². The highest BCUT2D eigenvalue weighted by Crippen LogP contribution is 2.15. The number of hydrogen-bond acceptors (Lipinski definition) is 6. The summed E-state index contributed by atoms with van der Waals surface area (Å²) in [7, 11) is 0. The number of aromatic nitrogens is 4. The molecule has 0 fully saturated rings. The molecule has 0 atom stereocenters. The highest BCUT2D eigenvalue weighted by atomic mass is 32.1. The second-order valence-corrected chi connectivity index (χ2v) is 4.12. The van der Waals surface area contributed by atoms with Crippen LogP contribution < -0.4 is 11.1 Å². The number of aryl methyl sites for hydroxylation is 2. The van der Waals surface area contributed by atoms with E-state index in [2.05, 4.69) is 19.8 Å².